The summed E-state index contributed by atoms with van der Waals surface area (Å²) in [6.07, 6.45) is 7.04. The zero-order chi connectivity index (χ0) is 20.5. The molecule has 3 aromatic rings. The highest BCUT2D eigenvalue weighted by atomic mass is 16.5. The third-order valence-electron chi connectivity index (χ3n) is 4.21. The first-order chi connectivity index (χ1) is 14.2. The average Bonchev–Trinajstić information content (AvgIpc) is 3.20. The maximum absolute atomic E-state index is 12.7. The molecule has 0 radical (unpaired) electrons. The lowest BCUT2D eigenvalue weighted by Crippen LogP contribution is -2.12. The van der Waals surface area contributed by atoms with Crippen molar-refractivity contribution < 1.29 is 14.3 Å². The molecule has 0 spiro atoms. The highest BCUT2D eigenvalue weighted by Gasteiger charge is 2.19. The summed E-state index contributed by atoms with van der Waals surface area (Å²) in [5, 5.41) is 0. The van der Waals surface area contributed by atoms with E-state index in [0.717, 1.165) is 16.9 Å². The number of benzene rings is 2. The van der Waals surface area contributed by atoms with Gasteiger partial charge in [0, 0.05) is 18.9 Å². The van der Waals surface area contributed by atoms with Crippen molar-refractivity contribution in [2.45, 2.75) is 13.5 Å². The normalized spacial score (nSPS) is 11.1. The van der Waals surface area contributed by atoms with Crippen molar-refractivity contribution in [3.05, 3.63) is 96.6 Å². The first-order valence-corrected chi connectivity index (χ1v) is 9.49. The van der Waals surface area contributed by atoms with Crippen LogP contribution >= 0.6 is 0 Å². The number of esters is 1. The molecule has 1 heterocycles. The van der Waals surface area contributed by atoms with Crippen LogP contribution in [0.15, 0.2) is 79.6 Å². The quantitative estimate of drug-likeness (QED) is 0.305. The summed E-state index contributed by atoms with van der Waals surface area (Å²) in [6.45, 7) is 6.78. The van der Waals surface area contributed by atoms with E-state index in [1.54, 1.807) is 25.3 Å². The Morgan fingerprint density at radius 2 is 1.90 bits per heavy atom. The molecule has 5 nitrogen and oxygen atoms in total. The average molecular weight is 388 g/mol. The van der Waals surface area contributed by atoms with Crippen LogP contribution in [0.3, 0.4) is 0 Å². The summed E-state index contributed by atoms with van der Waals surface area (Å²) in [7, 11) is 0. The van der Waals surface area contributed by atoms with Gasteiger partial charge in [0.2, 0.25) is 0 Å². The van der Waals surface area contributed by atoms with E-state index in [0.29, 0.717) is 31.2 Å². The number of ether oxygens (including phenoxy) is 2. The number of hydrogen-bond donors (Lipinski definition) is 0. The zero-order valence-electron chi connectivity index (χ0n) is 16.5. The van der Waals surface area contributed by atoms with Crippen LogP contribution in [0.25, 0.3) is 11.6 Å². The monoisotopic (exact) mass is 388 g/mol. The molecule has 0 fully saturated rings. The number of rotatable bonds is 9. The minimum Gasteiger partial charge on any atom is -0.490 e. The highest BCUT2D eigenvalue weighted by molar-refractivity contribution is 6.20. The third-order valence-corrected chi connectivity index (χ3v) is 4.21. The fraction of sp³-hybridized carbons (Fsp3) is 0.167. The Morgan fingerprint density at radius 1 is 1.14 bits per heavy atom. The van der Waals surface area contributed by atoms with E-state index in [1.165, 1.54) is 0 Å². The smallest absolute Gasteiger partial charge is 0.341 e. The Labute approximate surface area is 170 Å². The lowest BCUT2D eigenvalue weighted by atomic mass is 10.1. The van der Waals surface area contributed by atoms with Gasteiger partial charge in [0.25, 0.3) is 0 Å². The van der Waals surface area contributed by atoms with Gasteiger partial charge < -0.3 is 14.0 Å². The molecule has 0 unspecified atom stereocenters. The molecule has 0 N–H and O–H groups in total. The molecule has 148 valence electrons. The molecule has 5 heteroatoms. The van der Waals surface area contributed by atoms with Crippen molar-refractivity contribution >= 4 is 17.6 Å². The fourth-order valence-corrected chi connectivity index (χ4v) is 2.87. The van der Waals surface area contributed by atoms with Gasteiger partial charge in [-0.2, -0.15) is 0 Å². The molecule has 2 aromatic carbocycles. The number of imidazole rings is 1. The van der Waals surface area contributed by atoms with Crippen LogP contribution in [-0.4, -0.2) is 28.7 Å². The van der Waals surface area contributed by atoms with E-state index in [-0.39, 0.29) is 0 Å². The number of carbonyl (C=O) groups excluding carboxylic acids is 1. The van der Waals surface area contributed by atoms with E-state index in [2.05, 4.69) is 11.6 Å². The molecule has 29 heavy (non-hydrogen) atoms. The molecule has 0 saturated carbocycles. The van der Waals surface area contributed by atoms with Crippen molar-refractivity contribution in [1.82, 2.24) is 9.55 Å². The number of aromatic nitrogens is 2. The standard InChI is InChI=1S/C24H24N2O3/c1-3-16-29-21-12-10-19(11-13-21)17-22(24(27)28-4-2)23-25-14-15-26(23)18-20-8-6-5-7-9-20/h3,5-15,17H,1,4,16,18H2,2H3/b22-17+. The first-order valence-electron chi connectivity index (χ1n) is 9.49. The summed E-state index contributed by atoms with van der Waals surface area (Å²) in [6, 6.07) is 17.5. The fourth-order valence-electron chi connectivity index (χ4n) is 2.87. The predicted molar refractivity (Wildman–Crippen MR) is 114 cm³/mol. The summed E-state index contributed by atoms with van der Waals surface area (Å²) in [5.74, 6) is 0.907. The van der Waals surface area contributed by atoms with Gasteiger partial charge in [-0.15, -0.1) is 0 Å². The van der Waals surface area contributed by atoms with E-state index in [9.17, 15) is 4.79 Å². The second-order valence-electron chi connectivity index (χ2n) is 6.31. The molecule has 0 atom stereocenters. The molecule has 0 aliphatic rings. The van der Waals surface area contributed by atoms with E-state index in [1.807, 2.05) is 65.4 Å². The molecule has 0 aliphatic heterocycles. The highest BCUT2D eigenvalue weighted by Crippen LogP contribution is 2.21. The van der Waals surface area contributed by atoms with Crippen LogP contribution in [0.4, 0.5) is 0 Å². The Hall–Kier alpha value is -3.60. The molecule has 0 saturated heterocycles. The molecule has 1 aromatic heterocycles. The SMILES string of the molecule is C=CCOc1ccc(/C=C(/C(=O)OCC)c2nccn2Cc2ccccc2)cc1. The molecular weight excluding hydrogens is 364 g/mol. The van der Waals surface area contributed by atoms with Gasteiger partial charge in [0.1, 0.15) is 23.8 Å². The summed E-state index contributed by atoms with van der Waals surface area (Å²) in [4.78, 5) is 17.1. The lowest BCUT2D eigenvalue weighted by Gasteiger charge is -2.11. The van der Waals surface area contributed by atoms with Crippen molar-refractivity contribution in [3.8, 4) is 5.75 Å². The van der Waals surface area contributed by atoms with Crippen LogP contribution in [-0.2, 0) is 16.1 Å². The topological polar surface area (TPSA) is 53.4 Å². The maximum Gasteiger partial charge on any atom is 0.341 e. The van der Waals surface area contributed by atoms with E-state index < -0.39 is 5.97 Å². The molecular formula is C24H24N2O3. The number of carbonyl (C=O) groups is 1. The molecule has 0 amide bonds. The minimum absolute atomic E-state index is 0.296. The summed E-state index contributed by atoms with van der Waals surface area (Å²) in [5.41, 5.74) is 2.39. The number of nitrogens with zero attached hydrogens (tertiary/aromatic N) is 2. The first kappa shape index (κ1) is 20.1. The van der Waals surface area contributed by atoms with Crippen LogP contribution in [0.2, 0.25) is 0 Å². The lowest BCUT2D eigenvalue weighted by molar-refractivity contribution is -0.136. The Morgan fingerprint density at radius 3 is 2.59 bits per heavy atom. The zero-order valence-corrected chi connectivity index (χ0v) is 16.5. The second kappa shape index (κ2) is 10.1. The van der Waals surface area contributed by atoms with Gasteiger partial charge in [-0.25, -0.2) is 9.78 Å². The van der Waals surface area contributed by atoms with Gasteiger partial charge in [-0.3, -0.25) is 0 Å². The number of hydrogen-bond acceptors (Lipinski definition) is 4. The third kappa shape index (κ3) is 5.45. The summed E-state index contributed by atoms with van der Waals surface area (Å²) >= 11 is 0. The molecule has 0 aliphatic carbocycles. The van der Waals surface area contributed by atoms with Crippen LogP contribution in [0.1, 0.15) is 23.9 Å². The van der Waals surface area contributed by atoms with Gasteiger partial charge in [-0.1, -0.05) is 55.1 Å². The van der Waals surface area contributed by atoms with Crippen LogP contribution in [0, 0.1) is 0 Å². The summed E-state index contributed by atoms with van der Waals surface area (Å²) < 4.78 is 12.7. The van der Waals surface area contributed by atoms with Gasteiger partial charge in [0.05, 0.1) is 6.61 Å². The maximum atomic E-state index is 12.7. The van der Waals surface area contributed by atoms with Gasteiger partial charge in [-0.05, 0) is 36.3 Å². The molecule has 0 bridgehead atoms. The second-order valence-corrected chi connectivity index (χ2v) is 6.31. The van der Waals surface area contributed by atoms with Gasteiger partial charge in [0.15, 0.2) is 0 Å². The van der Waals surface area contributed by atoms with Crippen LogP contribution in [0.5, 0.6) is 5.75 Å². The predicted octanol–water partition coefficient (Wildman–Crippen LogP) is 4.60. The minimum atomic E-state index is -0.403. The Balaban J connectivity index is 1.92. The largest absolute Gasteiger partial charge is 0.490 e. The van der Waals surface area contributed by atoms with Crippen molar-refractivity contribution in [2.75, 3.05) is 13.2 Å². The van der Waals surface area contributed by atoms with Crippen molar-refractivity contribution in [1.29, 1.82) is 0 Å². The van der Waals surface area contributed by atoms with Gasteiger partial charge >= 0.3 is 5.97 Å². The van der Waals surface area contributed by atoms with Crippen molar-refractivity contribution in [3.63, 3.8) is 0 Å². The Kier molecular flexibility index (Phi) is 7.00. The molecule has 3 rings (SSSR count). The van der Waals surface area contributed by atoms with E-state index in [4.69, 9.17) is 9.47 Å². The van der Waals surface area contributed by atoms with E-state index >= 15 is 0 Å². The van der Waals surface area contributed by atoms with Crippen LogP contribution < -0.4 is 4.74 Å². The Bertz CT molecular complexity index is 973. The van der Waals surface area contributed by atoms with Crippen molar-refractivity contribution in [2.24, 2.45) is 0 Å².